The molecule has 1 fully saturated rings. The highest BCUT2D eigenvalue weighted by Crippen LogP contribution is 2.44. The molecule has 0 bridgehead atoms. The molecule has 1 spiro atoms. The Morgan fingerprint density at radius 1 is 1.03 bits per heavy atom. The molecule has 2 aromatic carbocycles. The summed E-state index contributed by atoms with van der Waals surface area (Å²) in [6, 6.07) is 18.7. The van der Waals surface area contributed by atoms with Crippen LogP contribution in [0.5, 0.6) is 0 Å². The number of benzene rings is 2. The van der Waals surface area contributed by atoms with Gasteiger partial charge in [-0.15, -0.1) is 0 Å². The molecule has 0 radical (unpaired) electrons. The molecule has 0 N–H and O–H groups in total. The maximum absolute atomic E-state index is 13.6. The minimum Gasteiger partial charge on any atom is -0.450 e. The molecule has 2 aliphatic rings. The fourth-order valence-corrected chi connectivity index (χ4v) is 5.18. The molecule has 7 heteroatoms. The van der Waals surface area contributed by atoms with Crippen LogP contribution in [0.15, 0.2) is 73.1 Å². The number of halogens is 1. The number of fused-ring (bicyclic) bond motifs is 3. The van der Waals surface area contributed by atoms with Crippen molar-refractivity contribution < 1.29 is 14.3 Å². The molecule has 0 atom stereocenters. The van der Waals surface area contributed by atoms with Gasteiger partial charge in [0.05, 0.1) is 16.6 Å². The second kappa shape index (κ2) is 7.46. The van der Waals surface area contributed by atoms with E-state index in [0.717, 1.165) is 22.3 Å². The molecule has 6 rings (SSSR count). The first-order chi connectivity index (χ1) is 16.1. The lowest BCUT2D eigenvalue weighted by atomic mass is 9.83. The van der Waals surface area contributed by atoms with Crippen LogP contribution in [0.3, 0.4) is 0 Å². The number of hydrogen-bond donors (Lipinski definition) is 0. The first-order valence-corrected chi connectivity index (χ1v) is 11.3. The predicted octanol–water partition coefficient (Wildman–Crippen LogP) is 4.98. The predicted molar refractivity (Wildman–Crippen MR) is 125 cm³/mol. The topological polar surface area (TPSA) is 64.4 Å². The number of pyridine rings is 1. The fraction of sp³-hybridized carbons (Fsp3) is 0.192. The number of nitrogens with zero attached hydrogens (tertiary/aromatic N) is 3. The SMILES string of the molecule is O=C1OC2(CCN(C(=O)c3cn(-c4ccccn4)c4cc(Cl)ccc34)CC2)c2ccccc21. The third-order valence-corrected chi connectivity index (χ3v) is 6.91. The third-order valence-electron chi connectivity index (χ3n) is 6.68. The van der Waals surface area contributed by atoms with Crippen molar-refractivity contribution in [2.24, 2.45) is 0 Å². The van der Waals surface area contributed by atoms with Crippen LogP contribution < -0.4 is 0 Å². The van der Waals surface area contributed by atoms with Gasteiger partial charge in [-0.1, -0.05) is 41.9 Å². The molecule has 6 nitrogen and oxygen atoms in total. The van der Waals surface area contributed by atoms with E-state index in [2.05, 4.69) is 4.98 Å². The average Bonchev–Trinajstić information content (AvgIpc) is 3.35. The van der Waals surface area contributed by atoms with Gasteiger partial charge in [0.15, 0.2) is 0 Å². The lowest BCUT2D eigenvalue weighted by molar-refractivity contribution is -0.0389. The number of ether oxygens (including phenoxy) is 1. The van der Waals surface area contributed by atoms with Gasteiger partial charge in [-0.05, 0) is 30.3 Å². The quantitative estimate of drug-likeness (QED) is 0.398. The van der Waals surface area contributed by atoms with Gasteiger partial charge in [0.25, 0.3) is 5.91 Å². The van der Waals surface area contributed by atoms with E-state index in [1.165, 1.54) is 0 Å². The molecule has 2 aromatic heterocycles. The highest BCUT2D eigenvalue weighted by Gasteiger charge is 2.47. The van der Waals surface area contributed by atoms with E-state index in [9.17, 15) is 9.59 Å². The second-order valence-electron chi connectivity index (χ2n) is 8.48. The molecule has 0 aliphatic carbocycles. The number of aromatic nitrogens is 2. The summed E-state index contributed by atoms with van der Waals surface area (Å²) < 4.78 is 7.73. The first kappa shape index (κ1) is 20.0. The van der Waals surface area contributed by atoms with Crippen molar-refractivity contribution in [3.05, 3.63) is 94.8 Å². The second-order valence-corrected chi connectivity index (χ2v) is 8.92. The molecule has 33 heavy (non-hydrogen) atoms. The zero-order valence-electron chi connectivity index (χ0n) is 17.7. The Bertz CT molecular complexity index is 1410. The van der Waals surface area contributed by atoms with E-state index < -0.39 is 5.60 Å². The number of carbonyl (C=O) groups excluding carboxylic acids is 2. The average molecular weight is 458 g/mol. The van der Waals surface area contributed by atoms with Gasteiger partial charge >= 0.3 is 5.97 Å². The number of likely N-dealkylation sites (tertiary alicyclic amines) is 1. The van der Waals surface area contributed by atoms with Crippen molar-refractivity contribution >= 4 is 34.4 Å². The standard InChI is InChI=1S/C26H20ClN3O3/c27-17-8-9-18-20(16-30(22(18)15-17)23-7-3-4-12-28-23)24(31)29-13-10-26(11-14-29)21-6-2-1-5-19(21)25(32)33-26/h1-9,12,15-16H,10-11,13-14H2. The van der Waals surface area contributed by atoms with E-state index in [4.69, 9.17) is 16.3 Å². The summed E-state index contributed by atoms with van der Waals surface area (Å²) in [4.78, 5) is 32.2. The number of amides is 1. The van der Waals surface area contributed by atoms with E-state index >= 15 is 0 Å². The smallest absolute Gasteiger partial charge is 0.339 e. The zero-order chi connectivity index (χ0) is 22.6. The molecule has 1 saturated heterocycles. The lowest BCUT2D eigenvalue weighted by Gasteiger charge is -2.38. The number of rotatable bonds is 2. The lowest BCUT2D eigenvalue weighted by Crippen LogP contribution is -2.45. The number of carbonyl (C=O) groups is 2. The summed E-state index contributed by atoms with van der Waals surface area (Å²) in [5.74, 6) is 0.390. The normalized spacial score (nSPS) is 16.8. The van der Waals surface area contributed by atoms with Crippen LogP contribution in [0.2, 0.25) is 5.02 Å². The molecule has 0 saturated carbocycles. The van der Waals surface area contributed by atoms with Crippen molar-refractivity contribution in [2.45, 2.75) is 18.4 Å². The molecule has 4 aromatic rings. The van der Waals surface area contributed by atoms with Crippen molar-refractivity contribution in [3.8, 4) is 5.82 Å². The molecule has 164 valence electrons. The van der Waals surface area contributed by atoms with E-state index in [1.54, 1.807) is 12.3 Å². The highest BCUT2D eigenvalue weighted by molar-refractivity contribution is 6.31. The summed E-state index contributed by atoms with van der Waals surface area (Å²) in [5, 5.41) is 1.42. The molecule has 2 aliphatic heterocycles. The maximum atomic E-state index is 13.6. The molecule has 4 heterocycles. The maximum Gasteiger partial charge on any atom is 0.339 e. The van der Waals surface area contributed by atoms with E-state index in [-0.39, 0.29) is 11.9 Å². The van der Waals surface area contributed by atoms with Crippen molar-refractivity contribution in [1.29, 1.82) is 0 Å². The van der Waals surface area contributed by atoms with Gasteiger partial charge in [0.1, 0.15) is 11.4 Å². The summed E-state index contributed by atoms with van der Waals surface area (Å²) in [6.45, 7) is 1.01. The van der Waals surface area contributed by atoms with Gasteiger partial charge in [0.2, 0.25) is 0 Å². The largest absolute Gasteiger partial charge is 0.450 e. The molecule has 0 unspecified atom stereocenters. The van der Waals surface area contributed by atoms with Crippen LogP contribution in [0.1, 0.15) is 39.1 Å². The highest BCUT2D eigenvalue weighted by atomic mass is 35.5. The van der Waals surface area contributed by atoms with Crippen LogP contribution in [0.25, 0.3) is 16.7 Å². The van der Waals surface area contributed by atoms with Crippen LogP contribution in [0.4, 0.5) is 0 Å². The van der Waals surface area contributed by atoms with Crippen molar-refractivity contribution in [1.82, 2.24) is 14.5 Å². The fourth-order valence-electron chi connectivity index (χ4n) is 5.01. The van der Waals surface area contributed by atoms with Gasteiger partial charge in [-0.25, -0.2) is 9.78 Å². The van der Waals surface area contributed by atoms with E-state index in [0.29, 0.717) is 42.1 Å². The molecule has 1 amide bonds. The van der Waals surface area contributed by atoms with Gasteiger partial charge in [-0.2, -0.15) is 0 Å². The van der Waals surface area contributed by atoms with Crippen LogP contribution >= 0.6 is 11.6 Å². The Morgan fingerprint density at radius 3 is 2.61 bits per heavy atom. The van der Waals surface area contributed by atoms with Crippen molar-refractivity contribution in [2.75, 3.05) is 13.1 Å². The van der Waals surface area contributed by atoms with Crippen LogP contribution in [-0.4, -0.2) is 39.4 Å². The Kier molecular flexibility index (Phi) is 4.52. The van der Waals surface area contributed by atoms with Crippen LogP contribution in [0, 0.1) is 0 Å². The summed E-state index contributed by atoms with van der Waals surface area (Å²) >= 11 is 6.27. The van der Waals surface area contributed by atoms with Gasteiger partial charge in [-0.3, -0.25) is 4.79 Å². The molecular weight excluding hydrogens is 438 g/mol. The zero-order valence-corrected chi connectivity index (χ0v) is 18.5. The minimum absolute atomic E-state index is 0.0514. The summed E-state index contributed by atoms with van der Waals surface area (Å²) in [5.41, 5.74) is 2.36. The Morgan fingerprint density at radius 2 is 1.82 bits per heavy atom. The molecular formula is C26H20ClN3O3. The number of hydrogen-bond acceptors (Lipinski definition) is 4. The number of esters is 1. The summed E-state index contributed by atoms with van der Waals surface area (Å²) in [7, 11) is 0. The Balaban J connectivity index is 1.32. The summed E-state index contributed by atoms with van der Waals surface area (Å²) in [6.07, 6.45) is 4.71. The van der Waals surface area contributed by atoms with Gasteiger partial charge in [0, 0.05) is 54.3 Å². The Hall–Kier alpha value is -3.64. The number of piperidine rings is 1. The van der Waals surface area contributed by atoms with Crippen LogP contribution in [-0.2, 0) is 10.3 Å². The van der Waals surface area contributed by atoms with Crippen molar-refractivity contribution in [3.63, 3.8) is 0 Å². The Labute approximate surface area is 195 Å². The monoisotopic (exact) mass is 457 g/mol. The van der Waals surface area contributed by atoms with E-state index in [1.807, 2.05) is 70.3 Å². The minimum atomic E-state index is -0.639. The van der Waals surface area contributed by atoms with Gasteiger partial charge < -0.3 is 14.2 Å². The first-order valence-electron chi connectivity index (χ1n) is 10.9. The third kappa shape index (κ3) is 3.13.